The Morgan fingerprint density at radius 2 is 1.63 bits per heavy atom. The van der Waals surface area contributed by atoms with Gasteiger partial charge in [0.05, 0.1) is 0 Å². The number of para-hydroxylation sites is 2. The van der Waals surface area contributed by atoms with Crippen LogP contribution in [-0.2, 0) is 6.42 Å². The zero-order valence-corrected chi connectivity index (χ0v) is 10.9. The molecule has 0 unspecified atom stereocenters. The molecule has 2 rings (SSSR count). The first-order valence-corrected chi connectivity index (χ1v) is 6.40. The molecule has 0 amide bonds. The highest BCUT2D eigenvalue weighted by atomic mass is 19.1. The van der Waals surface area contributed by atoms with E-state index < -0.39 is 7.40 Å². The molecule has 2 nitrogen and oxygen atoms in total. The Morgan fingerprint density at radius 1 is 0.947 bits per heavy atom. The third-order valence-corrected chi connectivity index (χ3v) is 2.68. The van der Waals surface area contributed by atoms with Crippen molar-refractivity contribution in [3.63, 3.8) is 0 Å². The number of hydrogen-bond acceptors (Lipinski definition) is 2. The lowest BCUT2D eigenvalue weighted by molar-refractivity contribution is 0.357. The molecule has 0 bridgehead atoms. The fraction of sp³-hybridized carbons (Fsp3) is 0.200. The number of hydrogen-bond donors (Lipinski definition) is 0. The maximum absolute atomic E-state index is 13.8. The molecule has 0 aliphatic carbocycles. The molecule has 0 fully saturated rings. The zero-order valence-electron chi connectivity index (χ0n) is 10.9. The van der Waals surface area contributed by atoms with Crippen LogP contribution >= 0.6 is 0 Å². The second-order valence-electron chi connectivity index (χ2n) is 4.18. The highest BCUT2D eigenvalue weighted by Gasteiger charge is 2.25. The average Bonchev–Trinajstić information content (AvgIpc) is 2.42. The van der Waals surface area contributed by atoms with Crippen LogP contribution in [0.2, 0.25) is 0 Å². The first-order chi connectivity index (χ1) is 9.29. The van der Waals surface area contributed by atoms with E-state index in [1.54, 1.807) is 30.3 Å². The first-order valence-electron chi connectivity index (χ1n) is 6.40. The van der Waals surface area contributed by atoms with Crippen molar-refractivity contribution in [1.29, 1.82) is 0 Å². The summed E-state index contributed by atoms with van der Waals surface area (Å²) in [5.74, 6) is 0.982. The molecule has 0 atom stereocenters. The third kappa shape index (κ3) is 4.02. The molecule has 0 saturated heterocycles. The van der Waals surface area contributed by atoms with Crippen LogP contribution in [0.3, 0.4) is 0 Å². The van der Waals surface area contributed by atoms with Gasteiger partial charge in [0.15, 0.2) is 0 Å². The van der Waals surface area contributed by atoms with Crippen LogP contribution in [0.1, 0.15) is 18.9 Å². The fourth-order valence-electron chi connectivity index (χ4n) is 1.82. The molecule has 4 heteroatoms. The lowest BCUT2D eigenvalue weighted by Gasteiger charge is -2.12. The summed E-state index contributed by atoms with van der Waals surface area (Å²) in [5, 5.41) is 0. The summed E-state index contributed by atoms with van der Waals surface area (Å²) in [6.45, 7) is 2.07. The molecule has 2 aromatic carbocycles. The summed E-state index contributed by atoms with van der Waals surface area (Å²) in [6.07, 6.45) is 1.84. The highest BCUT2D eigenvalue weighted by Crippen LogP contribution is 2.21. The van der Waals surface area contributed by atoms with Crippen molar-refractivity contribution in [2.45, 2.75) is 19.8 Å². The van der Waals surface area contributed by atoms with Gasteiger partial charge >= 0.3 is 7.40 Å². The van der Waals surface area contributed by atoms with Crippen molar-refractivity contribution in [3.05, 3.63) is 60.2 Å². The van der Waals surface area contributed by atoms with Gasteiger partial charge in [-0.2, -0.15) is 0 Å². The molecular formula is C15H16BFO2. The smallest absolute Gasteiger partial charge is 0.498 e. The zero-order chi connectivity index (χ0) is 13.5. The van der Waals surface area contributed by atoms with Gasteiger partial charge in [-0.25, -0.2) is 4.32 Å². The van der Waals surface area contributed by atoms with Crippen molar-refractivity contribution >= 4 is 7.40 Å². The maximum Gasteiger partial charge on any atom is 0.830 e. The summed E-state index contributed by atoms with van der Waals surface area (Å²) in [6, 6.07) is 16.2. The van der Waals surface area contributed by atoms with E-state index in [9.17, 15) is 4.32 Å². The fourth-order valence-corrected chi connectivity index (χ4v) is 1.82. The van der Waals surface area contributed by atoms with E-state index in [4.69, 9.17) is 9.31 Å². The van der Waals surface area contributed by atoms with E-state index in [0.717, 1.165) is 18.4 Å². The van der Waals surface area contributed by atoms with Gasteiger partial charge in [0.25, 0.3) is 0 Å². The Kier molecular flexibility index (Phi) is 4.84. The standard InChI is InChI=1S/C15H16BFO2/c1-2-8-13-9-6-7-12-15(13)19-16(17)18-14-10-4-3-5-11-14/h3-7,9-12H,2,8H2,1H3. The van der Waals surface area contributed by atoms with E-state index >= 15 is 0 Å². The Balaban J connectivity index is 2.00. The van der Waals surface area contributed by atoms with Gasteiger partial charge in [0.2, 0.25) is 0 Å². The second kappa shape index (κ2) is 6.83. The van der Waals surface area contributed by atoms with Gasteiger partial charge in [-0.1, -0.05) is 49.7 Å². The van der Waals surface area contributed by atoms with Crippen molar-refractivity contribution < 1.29 is 13.6 Å². The van der Waals surface area contributed by atoms with Crippen molar-refractivity contribution in [2.24, 2.45) is 0 Å². The van der Waals surface area contributed by atoms with E-state index in [1.807, 2.05) is 24.3 Å². The van der Waals surface area contributed by atoms with Gasteiger partial charge in [0, 0.05) is 0 Å². The average molecular weight is 258 g/mol. The largest absolute Gasteiger partial charge is 0.830 e. The molecule has 0 heterocycles. The minimum atomic E-state index is -1.81. The Labute approximate surface area is 113 Å². The van der Waals surface area contributed by atoms with Gasteiger partial charge < -0.3 is 9.31 Å². The van der Waals surface area contributed by atoms with E-state index in [-0.39, 0.29) is 0 Å². The number of rotatable bonds is 6. The Bertz CT molecular complexity index is 505. The van der Waals surface area contributed by atoms with Crippen molar-refractivity contribution in [2.75, 3.05) is 0 Å². The molecule has 0 aliphatic heterocycles. The number of aryl methyl sites for hydroxylation is 1. The van der Waals surface area contributed by atoms with E-state index in [1.165, 1.54) is 0 Å². The van der Waals surface area contributed by atoms with Gasteiger partial charge in [-0.15, -0.1) is 0 Å². The van der Waals surface area contributed by atoms with E-state index in [2.05, 4.69) is 6.92 Å². The van der Waals surface area contributed by atoms with Gasteiger partial charge in [-0.05, 0) is 30.2 Å². The van der Waals surface area contributed by atoms with Crippen LogP contribution in [0.5, 0.6) is 11.5 Å². The molecule has 2 aromatic rings. The first kappa shape index (κ1) is 13.5. The monoisotopic (exact) mass is 258 g/mol. The molecule has 0 saturated carbocycles. The molecule has 19 heavy (non-hydrogen) atoms. The molecular weight excluding hydrogens is 242 g/mol. The van der Waals surface area contributed by atoms with E-state index in [0.29, 0.717) is 11.5 Å². The predicted molar refractivity (Wildman–Crippen MR) is 75.0 cm³/mol. The summed E-state index contributed by atoms with van der Waals surface area (Å²) in [7, 11) is -1.81. The summed E-state index contributed by atoms with van der Waals surface area (Å²) in [4.78, 5) is 0. The molecule has 98 valence electrons. The molecule has 0 aromatic heterocycles. The Hall–Kier alpha value is -1.97. The number of benzene rings is 2. The normalized spacial score (nSPS) is 10.0. The molecule has 0 spiro atoms. The van der Waals surface area contributed by atoms with Crippen LogP contribution in [-0.4, -0.2) is 7.40 Å². The lowest BCUT2D eigenvalue weighted by atomic mass is 10.1. The SMILES string of the molecule is CCCc1ccccc1OB(F)Oc1ccccc1. The van der Waals surface area contributed by atoms with Crippen LogP contribution < -0.4 is 9.31 Å². The van der Waals surface area contributed by atoms with Crippen LogP contribution in [0.25, 0.3) is 0 Å². The molecule has 0 radical (unpaired) electrons. The number of halogens is 1. The van der Waals surface area contributed by atoms with Crippen LogP contribution in [0.15, 0.2) is 54.6 Å². The quantitative estimate of drug-likeness (QED) is 0.727. The summed E-state index contributed by atoms with van der Waals surface area (Å²) < 4.78 is 24.0. The second-order valence-corrected chi connectivity index (χ2v) is 4.18. The summed E-state index contributed by atoms with van der Waals surface area (Å²) in [5.41, 5.74) is 0.990. The minimum Gasteiger partial charge on any atom is -0.498 e. The minimum absolute atomic E-state index is 0.447. The Morgan fingerprint density at radius 3 is 2.37 bits per heavy atom. The van der Waals surface area contributed by atoms with Gasteiger partial charge in [0.1, 0.15) is 11.5 Å². The van der Waals surface area contributed by atoms with Crippen molar-refractivity contribution in [1.82, 2.24) is 0 Å². The summed E-state index contributed by atoms with van der Waals surface area (Å²) >= 11 is 0. The predicted octanol–water partition coefficient (Wildman–Crippen LogP) is 4.05. The molecule has 0 aliphatic rings. The highest BCUT2D eigenvalue weighted by molar-refractivity contribution is 6.37. The van der Waals surface area contributed by atoms with Crippen LogP contribution in [0.4, 0.5) is 4.32 Å². The lowest BCUT2D eigenvalue weighted by Crippen LogP contribution is -2.24. The van der Waals surface area contributed by atoms with Crippen molar-refractivity contribution in [3.8, 4) is 11.5 Å². The third-order valence-electron chi connectivity index (χ3n) is 2.68. The van der Waals surface area contributed by atoms with Gasteiger partial charge in [-0.3, -0.25) is 0 Å². The molecule has 0 N–H and O–H groups in total. The maximum atomic E-state index is 13.8. The van der Waals surface area contributed by atoms with Crippen LogP contribution in [0, 0.1) is 0 Å². The topological polar surface area (TPSA) is 18.5 Å².